The number of fused-ring (bicyclic) bond motifs is 1. The van der Waals surface area contributed by atoms with E-state index in [-0.39, 0.29) is 23.4 Å². The molecule has 0 spiro atoms. The fourth-order valence-corrected chi connectivity index (χ4v) is 4.05. The zero-order valence-electron chi connectivity index (χ0n) is 15.8. The number of hydrogen-bond donors (Lipinski definition) is 1. The van der Waals surface area contributed by atoms with Gasteiger partial charge in [-0.2, -0.15) is 13.2 Å². The highest BCUT2D eigenvalue weighted by molar-refractivity contribution is 7.99. The van der Waals surface area contributed by atoms with Crippen LogP contribution in [0, 0.1) is 6.92 Å². The number of benzene rings is 1. The molecule has 3 aromatic rings. The second-order valence-corrected chi connectivity index (χ2v) is 9.40. The van der Waals surface area contributed by atoms with Crippen LogP contribution in [-0.4, -0.2) is 37.0 Å². The smallest absolute Gasteiger partial charge is 0.416 e. The van der Waals surface area contributed by atoms with Crippen LogP contribution in [0.1, 0.15) is 22.4 Å². The Kier molecular flexibility index (Phi) is 5.20. The van der Waals surface area contributed by atoms with Crippen molar-refractivity contribution in [1.82, 2.24) is 9.55 Å². The second-order valence-electron chi connectivity index (χ2n) is 6.92. The molecular formula is C20H19F3N2O3S. The van der Waals surface area contributed by atoms with Gasteiger partial charge in [0.15, 0.2) is 0 Å². The van der Waals surface area contributed by atoms with E-state index in [4.69, 9.17) is 0 Å². The molecule has 0 aliphatic heterocycles. The topological polar surface area (TPSA) is 72.2 Å². The minimum atomic E-state index is -4.65. The highest BCUT2D eigenvalue weighted by atomic mass is 32.2. The first-order chi connectivity index (χ1) is 13.4. The standard InChI is InChI=1S/C20H19F3N2O3S/c1-12-16(10-18(26)27)15-5-4-8-24-19(15)25(12)11-13-6-7-14(29(2,3)28)9-17(13)20(21,22)23/h4-9H,2,10-11H2,1,3H3,(H,26,27). The Morgan fingerprint density at radius 1 is 1.31 bits per heavy atom. The Bertz CT molecular complexity index is 1210. The van der Waals surface area contributed by atoms with E-state index in [2.05, 4.69) is 10.9 Å². The fourth-order valence-electron chi connectivity index (χ4n) is 3.33. The Morgan fingerprint density at radius 3 is 2.59 bits per heavy atom. The van der Waals surface area contributed by atoms with Gasteiger partial charge in [-0.15, -0.1) is 0 Å². The first kappa shape index (κ1) is 20.9. The summed E-state index contributed by atoms with van der Waals surface area (Å²) in [6, 6.07) is 6.90. The van der Waals surface area contributed by atoms with Crippen LogP contribution in [0.3, 0.4) is 0 Å². The van der Waals surface area contributed by atoms with Crippen LogP contribution in [-0.2, 0) is 33.5 Å². The average Bonchev–Trinajstić information content (AvgIpc) is 2.86. The summed E-state index contributed by atoms with van der Waals surface area (Å²) in [4.78, 5) is 15.5. The molecule has 1 aromatic carbocycles. The minimum Gasteiger partial charge on any atom is -0.481 e. The van der Waals surface area contributed by atoms with Gasteiger partial charge in [-0.05, 0) is 57.7 Å². The number of nitrogens with zero attached hydrogens (tertiary/aromatic N) is 2. The van der Waals surface area contributed by atoms with Crippen molar-refractivity contribution >= 4 is 32.4 Å². The number of aromatic nitrogens is 2. The van der Waals surface area contributed by atoms with Crippen LogP contribution in [0.5, 0.6) is 0 Å². The number of carboxylic acid groups (broad SMARTS) is 1. The van der Waals surface area contributed by atoms with Crippen molar-refractivity contribution in [2.75, 3.05) is 6.26 Å². The van der Waals surface area contributed by atoms with E-state index in [9.17, 15) is 27.3 Å². The van der Waals surface area contributed by atoms with Crippen LogP contribution in [0.2, 0.25) is 0 Å². The first-order valence-electron chi connectivity index (χ1n) is 8.56. The molecule has 0 radical (unpaired) electrons. The normalized spacial score (nSPS) is 14.1. The van der Waals surface area contributed by atoms with E-state index in [0.717, 1.165) is 6.07 Å². The number of halogens is 3. The predicted molar refractivity (Wildman–Crippen MR) is 106 cm³/mol. The summed E-state index contributed by atoms with van der Waals surface area (Å²) in [6.07, 6.45) is -2.12. The summed E-state index contributed by atoms with van der Waals surface area (Å²) >= 11 is 0. The Labute approximate surface area is 165 Å². The molecule has 1 unspecified atom stereocenters. The number of carbonyl (C=O) groups is 1. The van der Waals surface area contributed by atoms with Crippen LogP contribution in [0.25, 0.3) is 11.0 Å². The molecular weight excluding hydrogens is 405 g/mol. The molecule has 0 aliphatic rings. The lowest BCUT2D eigenvalue weighted by molar-refractivity contribution is -0.138. The van der Waals surface area contributed by atoms with Crippen molar-refractivity contribution in [2.24, 2.45) is 0 Å². The average molecular weight is 424 g/mol. The number of rotatable bonds is 5. The van der Waals surface area contributed by atoms with Gasteiger partial charge in [-0.3, -0.25) is 9.00 Å². The van der Waals surface area contributed by atoms with Crippen molar-refractivity contribution in [3.05, 3.63) is 58.9 Å². The van der Waals surface area contributed by atoms with Crippen molar-refractivity contribution in [3.63, 3.8) is 0 Å². The van der Waals surface area contributed by atoms with Crippen LogP contribution < -0.4 is 0 Å². The molecule has 2 heterocycles. The van der Waals surface area contributed by atoms with Gasteiger partial charge in [0.25, 0.3) is 0 Å². The molecule has 0 amide bonds. The molecule has 5 nitrogen and oxygen atoms in total. The molecule has 0 saturated carbocycles. The molecule has 0 aliphatic carbocycles. The zero-order chi connectivity index (χ0) is 21.6. The lowest BCUT2D eigenvalue weighted by Gasteiger charge is -2.17. The molecule has 3 rings (SSSR count). The molecule has 1 N–H and O–H groups in total. The van der Waals surface area contributed by atoms with E-state index in [0.29, 0.717) is 22.3 Å². The second kappa shape index (κ2) is 7.22. The molecule has 0 fully saturated rings. The highest BCUT2D eigenvalue weighted by Crippen LogP contribution is 2.35. The van der Waals surface area contributed by atoms with E-state index < -0.39 is 27.2 Å². The van der Waals surface area contributed by atoms with Gasteiger partial charge in [-0.1, -0.05) is 6.07 Å². The Hall–Kier alpha value is -2.81. The molecule has 9 heteroatoms. The van der Waals surface area contributed by atoms with Crippen molar-refractivity contribution in [1.29, 1.82) is 0 Å². The minimum absolute atomic E-state index is 0.0207. The predicted octanol–water partition coefficient (Wildman–Crippen LogP) is 3.74. The van der Waals surface area contributed by atoms with Crippen LogP contribution in [0.15, 0.2) is 41.4 Å². The quantitative estimate of drug-likeness (QED) is 0.634. The summed E-state index contributed by atoms with van der Waals surface area (Å²) in [7, 11) is -2.81. The maximum atomic E-state index is 13.7. The van der Waals surface area contributed by atoms with Gasteiger partial charge in [0.05, 0.1) is 12.0 Å². The van der Waals surface area contributed by atoms with Crippen molar-refractivity contribution in [2.45, 2.75) is 31.0 Å². The summed E-state index contributed by atoms with van der Waals surface area (Å²) in [5.41, 5.74) is 0.535. The van der Waals surface area contributed by atoms with Gasteiger partial charge in [0.2, 0.25) is 0 Å². The molecule has 0 saturated heterocycles. The van der Waals surface area contributed by atoms with Crippen LogP contribution >= 0.6 is 0 Å². The van der Waals surface area contributed by atoms with E-state index in [1.165, 1.54) is 24.6 Å². The number of hydrogen-bond acceptors (Lipinski definition) is 3. The third-order valence-electron chi connectivity index (χ3n) is 4.75. The lowest BCUT2D eigenvalue weighted by atomic mass is 10.1. The highest BCUT2D eigenvalue weighted by Gasteiger charge is 2.34. The molecule has 154 valence electrons. The molecule has 2 aromatic heterocycles. The Balaban J connectivity index is 2.19. The van der Waals surface area contributed by atoms with Gasteiger partial charge in [0.1, 0.15) is 5.65 Å². The SMILES string of the molecule is C=S(C)(=O)c1ccc(Cn2c(C)c(CC(=O)O)c3cccnc32)c(C(F)(F)F)c1. The zero-order valence-corrected chi connectivity index (χ0v) is 16.6. The Morgan fingerprint density at radius 2 is 2.00 bits per heavy atom. The van der Waals surface area contributed by atoms with E-state index in [1.807, 2.05) is 0 Å². The van der Waals surface area contributed by atoms with Crippen LogP contribution in [0.4, 0.5) is 13.2 Å². The van der Waals surface area contributed by atoms with Gasteiger partial charge < -0.3 is 9.67 Å². The van der Waals surface area contributed by atoms with E-state index in [1.54, 1.807) is 23.6 Å². The molecule has 29 heavy (non-hydrogen) atoms. The van der Waals surface area contributed by atoms with Gasteiger partial charge in [0, 0.05) is 35.0 Å². The van der Waals surface area contributed by atoms with Gasteiger partial charge in [-0.25, -0.2) is 4.98 Å². The summed E-state index contributed by atoms with van der Waals surface area (Å²) in [6.45, 7) is 1.51. The third kappa shape index (κ3) is 4.14. The fraction of sp³-hybridized carbons (Fsp3) is 0.250. The largest absolute Gasteiger partial charge is 0.481 e. The van der Waals surface area contributed by atoms with E-state index >= 15 is 0 Å². The molecule has 1 atom stereocenters. The molecule has 0 bridgehead atoms. The number of pyridine rings is 1. The number of carboxylic acids is 1. The summed E-state index contributed by atoms with van der Waals surface area (Å²) in [5, 5.41) is 9.79. The lowest BCUT2D eigenvalue weighted by Crippen LogP contribution is -2.14. The number of aliphatic carboxylic acids is 1. The first-order valence-corrected chi connectivity index (χ1v) is 10.7. The monoisotopic (exact) mass is 424 g/mol. The third-order valence-corrected chi connectivity index (χ3v) is 6.00. The van der Waals surface area contributed by atoms with Crippen molar-refractivity contribution < 1.29 is 27.3 Å². The van der Waals surface area contributed by atoms with Crippen molar-refractivity contribution in [3.8, 4) is 0 Å². The van der Waals surface area contributed by atoms with Gasteiger partial charge >= 0.3 is 12.1 Å². The summed E-state index contributed by atoms with van der Waals surface area (Å²) < 4.78 is 54.8. The maximum Gasteiger partial charge on any atom is 0.416 e. The number of alkyl halides is 3. The maximum absolute atomic E-state index is 13.7. The summed E-state index contributed by atoms with van der Waals surface area (Å²) in [5.74, 6) is 2.42.